The monoisotopic (exact) mass is 495 g/mol. The highest BCUT2D eigenvalue weighted by Gasteiger charge is 2.20. The number of para-hydroxylation sites is 1. The van der Waals surface area contributed by atoms with Crippen molar-refractivity contribution in [1.82, 2.24) is 23.7 Å². The van der Waals surface area contributed by atoms with Crippen LogP contribution in [-0.4, -0.2) is 35.3 Å². The van der Waals surface area contributed by atoms with E-state index in [2.05, 4.69) is 10.2 Å². The molecular weight excluding hydrogens is 477 g/mol. The topological polar surface area (TPSA) is 74.2 Å². The van der Waals surface area contributed by atoms with Crippen molar-refractivity contribution in [3.63, 3.8) is 0 Å². The molecule has 0 aliphatic heterocycles. The Labute approximate surface area is 202 Å². The SMILES string of the molecule is Cc1cc(C(=O)CSc2nnc3n(C)c(=O)c4ccccc4n23)c(C)n1-c1ccc(F)c(Cl)c1. The highest BCUT2D eigenvalue weighted by molar-refractivity contribution is 7.99. The number of carbonyl (C=O) groups is 1. The van der Waals surface area contributed by atoms with Gasteiger partial charge in [-0.15, -0.1) is 10.2 Å². The fourth-order valence-corrected chi connectivity index (χ4v) is 5.18. The minimum absolute atomic E-state index is 0.0220. The van der Waals surface area contributed by atoms with Crippen LogP contribution in [0.25, 0.3) is 22.4 Å². The molecule has 3 heterocycles. The van der Waals surface area contributed by atoms with Crippen LogP contribution in [0.15, 0.2) is 58.5 Å². The average Bonchev–Trinajstić information content (AvgIpc) is 3.38. The molecule has 0 bridgehead atoms. The number of ketones is 1. The molecule has 2 aromatic carbocycles. The summed E-state index contributed by atoms with van der Waals surface area (Å²) in [4.78, 5) is 25.8. The molecule has 0 unspecified atom stereocenters. The van der Waals surface area contributed by atoms with Crippen molar-refractivity contribution < 1.29 is 9.18 Å². The van der Waals surface area contributed by atoms with E-state index in [-0.39, 0.29) is 22.1 Å². The second-order valence-corrected chi connectivity index (χ2v) is 9.28. The van der Waals surface area contributed by atoms with E-state index in [1.165, 1.54) is 28.5 Å². The maximum atomic E-state index is 13.6. The molecule has 0 spiro atoms. The summed E-state index contributed by atoms with van der Waals surface area (Å²) in [5, 5.41) is 9.49. The molecule has 10 heteroatoms. The maximum Gasteiger partial charge on any atom is 0.262 e. The lowest BCUT2D eigenvalue weighted by Gasteiger charge is -2.10. The fraction of sp³-hybridized carbons (Fsp3) is 0.167. The van der Waals surface area contributed by atoms with Crippen molar-refractivity contribution in [2.75, 3.05) is 5.75 Å². The van der Waals surface area contributed by atoms with Crippen molar-refractivity contribution >= 4 is 45.8 Å². The number of benzene rings is 2. The van der Waals surface area contributed by atoms with Crippen LogP contribution in [0.2, 0.25) is 5.02 Å². The van der Waals surface area contributed by atoms with Gasteiger partial charge < -0.3 is 4.57 Å². The zero-order valence-electron chi connectivity index (χ0n) is 18.5. The summed E-state index contributed by atoms with van der Waals surface area (Å²) < 4.78 is 18.7. The Morgan fingerprint density at radius 3 is 2.65 bits per heavy atom. The summed E-state index contributed by atoms with van der Waals surface area (Å²) >= 11 is 7.22. The maximum absolute atomic E-state index is 13.6. The smallest absolute Gasteiger partial charge is 0.262 e. The van der Waals surface area contributed by atoms with E-state index in [1.807, 2.05) is 36.6 Å². The van der Waals surface area contributed by atoms with Crippen LogP contribution < -0.4 is 5.56 Å². The van der Waals surface area contributed by atoms with Gasteiger partial charge in [0.05, 0.1) is 21.7 Å². The van der Waals surface area contributed by atoms with Crippen LogP contribution in [0.5, 0.6) is 0 Å². The highest BCUT2D eigenvalue weighted by atomic mass is 35.5. The van der Waals surface area contributed by atoms with Crippen LogP contribution in [-0.2, 0) is 7.05 Å². The highest BCUT2D eigenvalue weighted by Crippen LogP contribution is 2.27. The number of aromatic nitrogens is 5. The number of thioether (sulfide) groups is 1. The van der Waals surface area contributed by atoms with E-state index in [1.54, 1.807) is 29.6 Å². The van der Waals surface area contributed by atoms with Crippen molar-refractivity contribution in [1.29, 1.82) is 0 Å². The number of carbonyl (C=O) groups excluding carboxylic acids is 1. The van der Waals surface area contributed by atoms with E-state index in [4.69, 9.17) is 11.6 Å². The molecule has 0 saturated carbocycles. The van der Waals surface area contributed by atoms with Gasteiger partial charge in [-0.05, 0) is 50.2 Å². The molecule has 0 radical (unpaired) electrons. The zero-order valence-corrected chi connectivity index (χ0v) is 20.1. The minimum Gasteiger partial charge on any atom is -0.318 e. The van der Waals surface area contributed by atoms with Crippen LogP contribution in [0.3, 0.4) is 0 Å². The largest absolute Gasteiger partial charge is 0.318 e. The van der Waals surface area contributed by atoms with Crippen LogP contribution in [0.4, 0.5) is 4.39 Å². The Morgan fingerprint density at radius 2 is 1.88 bits per heavy atom. The molecule has 5 rings (SSSR count). The predicted octanol–water partition coefficient (Wildman–Crippen LogP) is 4.76. The van der Waals surface area contributed by atoms with Gasteiger partial charge >= 0.3 is 0 Å². The van der Waals surface area contributed by atoms with Gasteiger partial charge in [-0.2, -0.15) is 0 Å². The first-order valence-electron chi connectivity index (χ1n) is 10.4. The fourth-order valence-electron chi connectivity index (χ4n) is 4.18. The molecule has 0 fully saturated rings. The van der Waals surface area contributed by atoms with Crippen LogP contribution >= 0.6 is 23.4 Å². The third kappa shape index (κ3) is 3.52. The Hall–Kier alpha value is -3.43. The third-order valence-electron chi connectivity index (χ3n) is 5.82. The summed E-state index contributed by atoms with van der Waals surface area (Å²) in [5.74, 6) is -0.0357. The average molecular weight is 496 g/mol. The van der Waals surface area contributed by atoms with E-state index < -0.39 is 5.82 Å². The molecule has 3 aromatic heterocycles. The second kappa shape index (κ2) is 8.41. The normalized spacial score (nSPS) is 11.6. The number of halogens is 2. The van der Waals surface area contributed by atoms with E-state index in [0.717, 1.165) is 11.4 Å². The predicted molar refractivity (Wildman–Crippen MR) is 131 cm³/mol. The van der Waals surface area contributed by atoms with Gasteiger partial charge in [0.25, 0.3) is 5.56 Å². The molecule has 0 aliphatic rings. The lowest BCUT2D eigenvalue weighted by Crippen LogP contribution is -2.20. The van der Waals surface area contributed by atoms with Gasteiger partial charge in [-0.1, -0.05) is 35.5 Å². The minimum atomic E-state index is -0.494. The molecule has 0 atom stereocenters. The van der Waals surface area contributed by atoms with Crippen molar-refractivity contribution in [3.8, 4) is 5.69 Å². The van der Waals surface area contributed by atoms with Crippen LogP contribution in [0, 0.1) is 19.7 Å². The molecule has 0 aliphatic carbocycles. The standard InChI is InChI=1S/C24H19ClFN5O2S/c1-13-10-17(14(2)30(13)15-8-9-19(26)18(25)11-15)21(32)12-34-24-28-27-23-29(3)22(33)16-6-4-5-7-20(16)31(23)24/h4-11H,12H2,1-3H3. The summed E-state index contributed by atoms with van der Waals surface area (Å²) in [7, 11) is 1.65. The summed E-state index contributed by atoms with van der Waals surface area (Å²) in [6.45, 7) is 3.73. The number of fused-ring (bicyclic) bond motifs is 3. The molecule has 7 nitrogen and oxygen atoms in total. The van der Waals surface area contributed by atoms with Crippen molar-refractivity contribution in [2.45, 2.75) is 19.0 Å². The van der Waals surface area contributed by atoms with Crippen molar-refractivity contribution in [3.05, 3.63) is 86.7 Å². The Bertz CT molecular complexity index is 1670. The van der Waals surface area contributed by atoms with Gasteiger partial charge in [-0.25, -0.2) is 4.39 Å². The van der Waals surface area contributed by atoms with Gasteiger partial charge in [0.2, 0.25) is 5.78 Å². The van der Waals surface area contributed by atoms with Crippen LogP contribution in [0.1, 0.15) is 21.7 Å². The number of hydrogen-bond acceptors (Lipinski definition) is 5. The zero-order chi connectivity index (χ0) is 24.1. The van der Waals surface area contributed by atoms with E-state index in [9.17, 15) is 14.0 Å². The van der Waals surface area contributed by atoms with Crippen molar-refractivity contribution in [2.24, 2.45) is 7.05 Å². The number of aryl methyl sites for hydroxylation is 2. The van der Waals surface area contributed by atoms with Gasteiger partial charge in [0.15, 0.2) is 10.9 Å². The Morgan fingerprint density at radius 1 is 1.12 bits per heavy atom. The summed E-state index contributed by atoms with van der Waals surface area (Å²) in [5.41, 5.74) is 3.36. The lowest BCUT2D eigenvalue weighted by molar-refractivity contribution is 0.102. The Balaban J connectivity index is 1.48. The van der Waals surface area contributed by atoms with Gasteiger partial charge in [0.1, 0.15) is 5.82 Å². The summed E-state index contributed by atoms with van der Waals surface area (Å²) in [6, 6.07) is 13.5. The van der Waals surface area contributed by atoms with Gasteiger partial charge in [0, 0.05) is 29.7 Å². The van der Waals surface area contributed by atoms with E-state index in [0.29, 0.717) is 33.1 Å². The molecular formula is C24H19ClFN5O2S. The first-order valence-corrected chi connectivity index (χ1v) is 11.8. The quantitative estimate of drug-likeness (QED) is 0.260. The number of hydrogen-bond donors (Lipinski definition) is 0. The van der Waals surface area contributed by atoms with E-state index >= 15 is 0 Å². The van der Waals surface area contributed by atoms with Gasteiger partial charge in [-0.3, -0.25) is 18.6 Å². The molecule has 34 heavy (non-hydrogen) atoms. The number of nitrogens with zero attached hydrogens (tertiary/aromatic N) is 5. The second-order valence-electron chi connectivity index (χ2n) is 7.93. The number of rotatable bonds is 5. The Kier molecular flexibility index (Phi) is 5.53. The first kappa shape index (κ1) is 22.4. The molecule has 0 N–H and O–H groups in total. The molecule has 0 amide bonds. The lowest BCUT2D eigenvalue weighted by atomic mass is 10.2. The molecule has 5 aromatic rings. The number of Topliss-reactive ketones (excluding diaryl/α,β-unsaturated/α-hetero) is 1. The summed E-state index contributed by atoms with van der Waals surface area (Å²) in [6.07, 6.45) is 0. The first-order chi connectivity index (χ1) is 16.3. The third-order valence-corrected chi connectivity index (χ3v) is 7.04. The molecule has 172 valence electrons. The molecule has 0 saturated heterocycles.